The number of ketones is 1. The lowest BCUT2D eigenvalue weighted by Gasteiger charge is -2.07. The van der Waals surface area contributed by atoms with Gasteiger partial charge in [0.15, 0.2) is 11.8 Å². The van der Waals surface area contributed by atoms with E-state index in [1.807, 2.05) is 30.3 Å². The van der Waals surface area contributed by atoms with Gasteiger partial charge in [-0.05, 0) is 31.2 Å². The van der Waals surface area contributed by atoms with Gasteiger partial charge in [0.05, 0.1) is 13.7 Å². The van der Waals surface area contributed by atoms with Gasteiger partial charge in [-0.15, -0.1) is 0 Å². The Labute approximate surface area is 140 Å². The standard InChI is InChI=1S/C19H19NO4/c1-3-24-19(22)17-16(18(21)13-7-5-4-6-8-13)20(17)14-9-11-15(23-2)12-10-14/h4-12,16-17H,3H2,1-2H3. The molecule has 0 N–H and O–H groups in total. The second kappa shape index (κ2) is 6.74. The van der Waals surface area contributed by atoms with E-state index in [0.29, 0.717) is 5.56 Å². The third-order valence-corrected chi connectivity index (χ3v) is 4.03. The van der Waals surface area contributed by atoms with Crippen LogP contribution in [0.25, 0.3) is 0 Å². The van der Waals surface area contributed by atoms with E-state index in [2.05, 4.69) is 0 Å². The fraction of sp³-hybridized carbons (Fsp3) is 0.263. The average molecular weight is 325 g/mol. The van der Waals surface area contributed by atoms with Crippen molar-refractivity contribution in [2.24, 2.45) is 0 Å². The predicted octanol–water partition coefficient (Wildman–Crippen LogP) is 2.70. The number of rotatable bonds is 6. The zero-order valence-corrected chi connectivity index (χ0v) is 13.6. The molecule has 5 heteroatoms. The van der Waals surface area contributed by atoms with E-state index in [1.165, 1.54) is 0 Å². The number of benzene rings is 2. The highest BCUT2D eigenvalue weighted by Crippen LogP contribution is 2.38. The Hall–Kier alpha value is -2.82. The summed E-state index contributed by atoms with van der Waals surface area (Å²) < 4.78 is 10.3. The highest BCUT2D eigenvalue weighted by Gasteiger charge is 2.58. The lowest BCUT2D eigenvalue weighted by Crippen LogP contribution is -2.18. The molecule has 1 aliphatic rings. The van der Waals surface area contributed by atoms with Gasteiger partial charge in [0.1, 0.15) is 11.8 Å². The van der Waals surface area contributed by atoms with E-state index >= 15 is 0 Å². The SMILES string of the molecule is CCOC(=O)C1C(C(=O)c2ccccc2)N1c1ccc(OC)cc1. The summed E-state index contributed by atoms with van der Waals surface area (Å²) in [5.41, 5.74) is 1.39. The number of nitrogens with zero attached hydrogens (tertiary/aromatic N) is 1. The number of Topliss-reactive ketones (excluding diaryl/α,β-unsaturated/α-hetero) is 1. The van der Waals surface area contributed by atoms with Crippen molar-refractivity contribution >= 4 is 17.4 Å². The summed E-state index contributed by atoms with van der Waals surface area (Å²) in [5.74, 6) is 0.270. The topological polar surface area (TPSA) is 55.6 Å². The van der Waals surface area contributed by atoms with Crippen molar-refractivity contribution in [3.05, 3.63) is 60.2 Å². The van der Waals surface area contributed by atoms with Gasteiger partial charge in [-0.3, -0.25) is 4.79 Å². The Kier molecular flexibility index (Phi) is 4.51. The van der Waals surface area contributed by atoms with Gasteiger partial charge < -0.3 is 14.4 Å². The number of hydrogen-bond donors (Lipinski definition) is 0. The number of esters is 1. The van der Waals surface area contributed by atoms with Crippen molar-refractivity contribution in [1.82, 2.24) is 0 Å². The summed E-state index contributed by atoms with van der Waals surface area (Å²) in [6.07, 6.45) is 0. The molecule has 1 fully saturated rings. The molecule has 0 aromatic heterocycles. The Morgan fingerprint density at radius 3 is 2.25 bits per heavy atom. The van der Waals surface area contributed by atoms with Gasteiger partial charge in [-0.25, -0.2) is 4.79 Å². The molecule has 124 valence electrons. The Morgan fingerprint density at radius 1 is 1.00 bits per heavy atom. The van der Waals surface area contributed by atoms with Gasteiger partial charge in [0, 0.05) is 11.3 Å². The molecule has 1 aliphatic heterocycles. The van der Waals surface area contributed by atoms with Gasteiger partial charge in [-0.2, -0.15) is 0 Å². The maximum absolute atomic E-state index is 12.8. The van der Waals surface area contributed by atoms with Crippen LogP contribution in [-0.4, -0.2) is 37.6 Å². The molecule has 3 rings (SSSR count). The first kappa shape index (κ1) is 16.1. The molecule has 0 spiro atoms. The largest absolute Gasteiger partial charge is 0.497 e. The Balaban J connectivity index is 1.87. The van der Waals surface area contributed by atoms with Gasteiger partial charge >= 0.3 is 5.97 Å². The molecule has 2 aromatic carbocycles. The first-order valence-corrected chi connectivity index (χ1v) is 7.85. The normalized spacial score (nSPS) is 18.8. The van der Waals surface area contributed by atoms with Crippen molar-refractivity contribution in [3.8, 4) is 5.75 Å². The summed E-state index contributed by atoms with van der Waals surface area (Å²) in [6.45, 7) is 2.05. The number of carbonyl (C=O) groups is 2. The lowest BCUT2D eigenvalue weighted by molar-refractivity contribution is -0.142. The third kappa shape index (κ3) is 2.97. The van der Waals surface area contributed by atoms with Gasteiger partial charge in [0.25, 0.3) is 0 Å². The number of methoxy groups -OCH3 is 1. The third-order valence-electron chi connectivity index (χ3n) is 4.03. The highest BCUT2D eigenvalue weighted by atomic mass is 16.5. The first-order chi connectivity index (χ1) is 11.7. The van der Waals surface area contributed by atoms with Crippen LogP contribution in [0.4, 0.5) is 5.69 Å². The number of hydrogen-bond acceptors (Lipinski definition) is 5. The van der Waals surface area contributed by atoms with Crippen LogP contribution in [0, 0.1) is 0 Å². The van der Waals surface area contributed by atoms with Crippen LogP contribution in [0.3, 0.4) is 0 Å². The molecule has 1 saturated heterocycles. The molecule has 24 heavy (non-hydrogen) atoms. The van der Waals surface area contributed by atoms with E-state index in [1.54, 1.807) is 43.2 Å². The van der Waals surface area contributed by atoms with Crippen molar-refractivity contribution in [1.29, 1.82) is 0 Å². The molecule has 0 radical (unpaired) electrons. The molecule has 1 heterocycles. The van der Waals surface area contributed by atoms with Crippen LogP contribution in [0.2, 0.25) is 0 Å². The zero-order valence-electron chi connectivity index (χ0n) is 13.6. The van der Waals surface area contributed by atoms with E-state index < -0.39 is 12.1 Å². The second-order valence-electron chi connectivity index (χ2n) is 5.48. The average Bonchev–Trinajstić information content (AvgIpc) is 3.38. The quantitative estimate of drug-likeness (QED) is 0.464. The van der Waals surface area contributed by atoms with Crippen LogP contribution in [0.1, 0.15) is 17.3 Å². The fourth-order valence-electron chi connectivity index (χ4n) is 2.82. The summed E-state index contributed by atoms with van der Waals surface area (Å²) in [5, 5.41) is 0. The first-order valence-electron chi connectivity index (χ1n) is 7.85. The van der Waals surface area contributed by atoms with Gasteiger partial charge in [-0.1, -0.05) is 30.3 Å². The maximum atomic E-state index is 12.8. The summed E-state index contributed by atoms with van der Waals surface area (Å²) in [6, 6.07) is 15.2. The zero-order chi connectivity index (χ0) is 17.1. The monoisotopic (exact) mass is 325 g/mol. The molecule has 2 unspecified atom stereocenters. The molecule has 0 amide bonds. The van der Waals surface area contributed by atoms with E-state index in [9.17, 15) is 9.59 Å². The fourth-order valence-corrected chi connectivity index (χ4v) is 2.82. The minimum absolute atomic E-state index is 0.0792. The van der Waals surface area contributed by atoms with E-state index in [4.69, 9.17) is 9.47 Å². The Bertz CT molecular complexity index is 727. The minimum atomic E-state index is -0.578. The van der Waals surface area contributed by atoms with E-state index in [0.717, 1.165) is 11.4 Å². The Morgan fingerprint density at radius 2 is 1.67 bits per heavy atom. The molecular weight excluding hydrogens is 306 g/mol. The summed E-state index contributed by atoms with van der Waals surface area (Å²) in [7, 11) is 1.59. The molecule has 5 nitrogen and oxygen atoms in total. The van der Waals surface area contributed by atoms with Crippen molar-refractivity contribution in [2.75, 3.05) is 18.6 Å². The molecule has 0 bridgehead atoms. The summed E-state index contributed by atoms with van der Waals surface area (Å²) >= 11 is 0. The second-order valence-corrected chi connectivity index (χ2v) is 5.48. The molecule has 2 aromatic rings. The minimum Gasteiger partial charge on any atom is -0.497 e. The van der Waals surface area contributed by atoms with Crippen LogP contribution < -0.4 is 9.64 Å². The van der Waals surface area contributed by atoms with Crippen molar-refractivity contribution in [3.63, 3.8) is 0 Å². The van der Waals surface area contributed by atoms with Crippen LogP contribution >= 0.6 is 0 Å². The molecular formula is C19H19NO4. The molecule has 0 aliphatic carbocycles. The molecule has 2 atom stereocenters. The van der Waals surface area contributed by atoms with Crippen molar-refractivity contribution in [2.45, 2.75) is 19.0 Å². The number of ether oxygens (including phenoxy) is 2. The van der Waals surface area contributed by atoms with Crippen LogP contribution in [0.5, 0.6) is 5.75 Å². The summed E-state index contributed by atoms with van der Waals surface area (Å²) in [4.78, 5) is 26.8. The van der Waals surface area contributed by atoms with Crippen molar-refractivity contribution < 1.29 is 19.1 Å². The predicted molar refractivity (Wildman–Crippen MR) is 90.5 cm³/mol. The lowest BCUT2D eigenvalue weighted by atomic mass is 10.1. The highest BCUT2D eigenvalue weighted by molar-refractivity contribution is 6.11. The molecule has 0 saturated carbocycles. The van der Waals surface area contributed by atoms with Crippen LogP contribution in [0.15, 0.2) is 54.6 Å². The van der Waals surface area contributed by atoms with E-state index in [-0.39, 0.29) is 18.4 Å². The smallest absolute Gasteiger partial charge is 0.331 e. The van der Waals surface area contributed by atoms with Crippen LogP contribution in [-0.2, 0) is 9.53 Å². The maximum Gasteiger partial charge on any atom is 0.331 e. The number of anilines is 1. The number of carbonyl (C=O) groups excluding carboxylic acids is 2. The van der Waals surface area contributed by atoms with Gasteiger partial charge in [0.2, 0.25) is 0 Å².